The van der Waals surface area contributed by atoms with Crippen LogP contribution in [0, 0.1) is 5.92 Å². The Morgan fingerprint density at radius 2 is 1.71 bits per heavy atom. The van der Waals surface area contributed by atoms with Crippen LogP contribution in [0.2, 0.25) is 0 Å². The summed E-state index contributed by atoms with van der Waals surface area (Å²) in [6.07, 6.45) is 9.80. The molecule has 4 aromatic rings. The van der Waals surface area contributed by atoms with Gasteiger partial charge in [0.05, 0.1) is 29.3 Å². The largest absolute Gasteiger partial charge is 0.491 e. The number of benzene rings is 3. The second-order valence-corrected chi connectivity index (χ2v) is 15.5. The van der Waals surface area contributed by atoms with E-state index in [1.165, 1.54) is 0 Å². The first-order valence-electron chi connectivity index (χ1n) is 18.2. The standard InChI is InChI=1S/C41H52N4O5S/c1-5-7-22-49-23-24-50-38-15-10-32(11-16-38)33-12-19-40-35(25-33)26-34(9-8-21-44(40)28-31(3)4)41(46)43-36-13-17-39(18-14-36)51(47,48)29-37-27-42-30-45(37)20-6-2/h10-19,25-27,30-31H,5-9,20-24,28-29H2,1-4H3,(H,43,46). The van der Waals surface area contributed by atoms with Gasteiger partial charge in [0, 0.05) is 49.4 Å². The van der Waals surface area contributed by atoms with Crippen molar-refractivity contribution in [3.8, 4) is 16.9 Å². The zero-order valence-electron chi connectivity index (χ0n) is 30.4. The van der Waals surface area contributed by atoms with E-state index in [4.69, 9.17) is 9.47 Å². The summed E-state index contributed by atoms with van der Waals surface area (Å²) in [7, 11) is -3.59. The molecule has 1 aliphatic rings. The van der Waals surface area contributed by atoms with E-state index in [1.807, 2.05) is 29.7 Å². The number of anilines is 2. The predicted octanol–water partition coefficient (Wildman–Crippen LogP) is 8.41. The molecule has 9 nitrogen and oxygen atoms in total. The van der Waals surface area contributed by atoms with Crippen LogP contribution in [0.5, 0.6) is 5.75 Å². The van der Waals surface area contributed by atoms with Gasteiger partial charge in [-0.3, -0.25) is 4.79 Å². The third-order valence-corrected chi connectivity index (χ3v) is 10.5. The minimum Gasteiger partial charge on any atom is -0.491 e. The molecule has 0 unspecified atom stereocenters. The number of fused-ring (bicyclic) bond motifs is 1. The second kappa shape index (κ2) is 18.2. The number of imidazole rings is 1. The second-order valence-electron chi connectivity index (χ2n) is 13.5. The molecule has 272 valence electrons. The van der Waals surface area contributed by atoms with E-state index in [-0.39, 0.29) is 16.6 Å². The highest BCUT2D eigenvalue weighted by molar-refractivity contribution is 7.90. The molecule has 1 amide bonds. The molecule has 0 radical (unpaired) electrons. The summed E-state index contributed by atoms with van der Waals surface area (Å²) in [4.78, 5) is 20.5. The van der Waals surface area contributed by atoms with Crippen LogP contribution in [-0.4, -0.2) is 56.8 Å². The molecule has 0 atom stereocenters. The molecule has 51 heavy (non-hydrogen) atoms. The summed E-state index contributed by atoms with van der Waals surface area (Å²) in [6.45, 7) is 13.0. The minimum atomic E-state index is -3.59. The van der Waals surface area contributed by atoms with Gasteiger partial charge in [0.1, 0.15) is 12.4 Å². The third kappa shape index (κ3) is 10.6. The van der Waals surface area contributed by atoms with Crippen LogP contribution < -0.4 is 15.0 Å². The van der Waals surface area contributed by atoms with Crippen molar-refractivity contribution in [1.29, 1.82) is 0 Å². The Bertz CT molecular complexity index is 1860. The molecule has 1 aromatic heterocycles. The van der Waals surface area contributed by atoms with Gasteiger partial charge in [0.25, 0.3) is 5.91 Å². The molecule has 0 fully saturated rings. The Kier molecular flexibility index (Phi) is 13.5. The Hall–Kier alpha value is -4.41. The smallest absolute Gasteiger partial charge is 0.251 e. The highest BCUT2D eigenvalue weighted by Crippen LogP contribution is 2.33. The molecule has 0 saturated carbocycles. The number of sulfone groups is 1. The minimum absolute atomic E-state index is 0.132. The summed E-state index contributed by atoms with van der Waals surface area (Å²) in [5.74, 6) is 0.963. The van der Waals surface area contributed by atoms with Crippen molar-refractivity contribution >= 4 is 33.2 Å². The molecule has 0 aliphatic carbocycles. The van der Waals surface area contributed by atoms with Crippen molar-refractivity contribution in [1.82, 2.24) is 9.55 Å². The zero-order chi connectivity index (χ0) is 36.2. The van der Waals surface area contributed by atoms with Gasteiger partial charge in [-0.25, -0.2) is 13.4 Å². The fourth-order valence-electron chi connectivity index (χ4n) is 6.24. The van der Waals surface area contributed by atoms with Crippen LogP contribution in [0.4, 0.5) is 11.4 Å². The van der Waals surface area contributed by atoms with Crippen LogP contribution in [0.15, 0.2) is 89.7 Å². The van der Waals surface area contributed by atoms with E-state index in [1.54, 1.807) is 36.8 Å². The molecule has 5 rings (SSSR count). The third-order valence-electron chi connectivity index (χ3n) is 8.85. The highest BCUT2D eigenvalue weighted by atomic mass is 32.2. The highest BCUT2D eigenvalue weighted by Gasteiger charge is 2.21. The predicted molar refractivity (Wildman–Crippen MR) is 206 cm³/mol. The first-order valence-corrected chi connectivity index (χ1v) is 19.9. The number of nitrogens with zero attached hydrogens (tertiary/aromatic N) is 3. The first-order chi connectivity index (χ1) is 24.7. The van der Waals surface area contributed by atoms with E-state index in [0.717, 1.165) is 73.5 Å². The number of hydrogen-bond donors (Lipinski definition) is 1. The zero-order valence-corrected chi connectivity index (χ0v) is 31.3. The van der Waals surface area contributed by atoms with Crippen molar-refractivity contribution in [2.24, 2.45) is 5.92 Å². The summed E-state index contributed by atoms with van der Waals surface area (Å²) in [5, 5.41) is 3.01. The number of rotatable bonds is 17. The van der Waals surface area contributed by atoms with Gasteiger partial charge in [0.2, 0.25) is 0 Å². The molecule has 0 saturated heterocycles. The molecule has 3 aromatic carbocycles. The molecular weight excluding hydrogens is 661 g/mol. The number of hydrogen-bond acceptors (Lipinski definition) is 7. The Morgan fingerprint density at radius 1 is 0.941 bits per heavy atom. The topological polar surface area (TPSA) is 103 Å². The van der Waals surface area contributed by atoms with Crippen molar-refractivity contribution in [3.63, 3.8) is 0 Å². The van der Waals surface area contributed by atoms with E-state index < -0.39 is 9.84 Å². The maximum atomic E-state index is 13.7. The summed E-state index contributed by atoms with van der Waals surface area (Å²) in [6, 6.07) is 21.0. The van der Waals surface area contributed by atoms with Crippen LogP contribution in [0.25, 0.3) is 17.2 Å². The quantitative estimate of drug-likeness (QED) is 0.110. The first kappa shape index (κ1) is 37.8. The van der Waals surface area contributed by atoms with Gasteiger partial charge >= 0.3 is 0 Å². The van der Waals surface area contributed by atoms with Crippen LogP contribution in [0.3, 0.4) is 0 Å². The maximum Gasteiger partial charge on any atom is 0.251 e. The lowest BCUT2D eigenvalue weighted by atomic mass is 9.96. The van der Waals surface area contributed by atoms with Crippen LogP contribution in [-0.2, 0) is 31.7 Å². The Morgan fingerprint density at radius 3 is 2.43 bits per heavy atom. The molecule has 1 aliphatic heterocycles. The van der Waals surface area contributed by atoms with Gasteiger partial charge in [-0.2, -0.15) is 0 Å². The SMILES string of the molecule is CCCCOCCOc1ccc(-c2ccc3c(c2)C=C(C(=O)Nc2ccc(S(=O)(=O)Cc4cncn4CCC)cc2)CCCN3CC(C)C)cc1. The van der Waals surface area contributed by atoms with E-state index in [0.29, 0.717) is 49.1 Å². The molecular formula is C41H52N4O5S. The fourth-order valence-corrected chi connectivity index (χ4v) is 7.59. The van der Waals surface area contributed by atoms with Crippen LogP contribution in [0.1, 0.15) is 71.1 Å². The normalized spacial score (nSPS) is 13.4. The number of aromatic nitrogens is 2. The summed E-state index contributed by atoms with van der Waals surface area (Å²) in [5.41, 5.74) is 6.10. The summed E-state index contributed by atoms with van der Waals surface area (Å²) >= 11 is 0. The lowest BCUT2D eigenvalue weighted by Crippen LogP contribution is -2.30. The number of unbranched alkanes of at least 4 members (excludes halogenated alkanes) is 1. The molecule has 10 heteroatoms. The number of amides is 1. The van der Waals surface area contributed by atoms with E-state index >= 15 is 0 Å². The van der Waals surface area contributed by atoms with Gasteiger partial charge in [0.15, 0.2) is 9.84 Å². The molecule has 0 spiro atoms. The Balaban J connectivity index is 1.32. The summed E-state index contributed by atoms with van der Waals surface area (Å²) < 4.78 is 39.7. The molecule has 1 N–H and O–H groups in total. The van der Waals surface area contributed by atoms with Gasteiger partial charge in [-0.1, -0.05) is 52.3 Å². The molecule has 2 heterocycles. The number of carbonyl (C=O) groups is 1. The lowest BCUT2D eigenvalue weighted by Gasteiger charge is -2.30. The van der Waals surface area contributed by atoms with Gasteiger partial charge in [-0.05, 0) is 103 Å². The average Bonchev–Trinajstić information content (AvgIpc) is 3.53. The monoisotopic (exact) mass is 712 g/mol. The number of ether oxygens (including phenoxy) is 2. The van der Waals surface area contributed by atoms with Crippen molar-refractivity contribution in [2.75, 3.05) is 43.1 Å². The molecule has 0 bridgehead atoms. The van der Waals surface area contributed by atoms with Crippen molar-refractivity contribution in [2.45, 2.75) is 77.0 Å². The van der Waals surface area contributed by atoms with Crippen molar-refractivity contribution < 1.29 is 22.7 Å². The van der Waals surface area contributed by atoms with Gasteiger partial charge < -0.3 is 24.3 Å². The number of nitrogens with one attached hydrogen (secondary N) is 1. The average molecular weight is 713 g/mol. The van der Waals surface area contributed by atoms with Crippen LogP contribution >= 0.6 is 0 Å². The maximum absolute atomic E-state index is 13.7. The van der Waals surface area contributed by atoms with Crippen molar-refractivity contribution in [3.05, 3.63) is 96.1 Å². The number of aryl methyl sites for hydroxylation is 1. The van der Waals surface area contributed by atoms with E-state index in [2.05, 4.69) is 66.3 Å². The van der Waals surface area contributed by atoms with Gasteiger partial charge in [-0.15, -0.1) is 0 Å². The van der Waals surface area contributed by atoms with E-state index in [9.17, 15) is 13.2 Å². The fraction of sp³-hybridized carbons (Fsp3) is 0.415. The lowest BCUT2D eigenvalue weighted by molar-refractivity contribution is -0.112. The number of carbonyl (C=O) groups excluding carboxylic acids is 1. The Labute approximate surface area is 303 Å².